The molecule has 4 rings (SSSR count). The van der Waals surface area contributed by atoms with Gasteiger partial charge >= 0.3 is 0 Å². The van der Waals surface area contributed by atoms with E-state index in [0.717, 1.165) is 11.3 Å². The normalized spacial score (nSPS) is 12.8. The summed E-state index contributed by atoms with van der Waals surface area (Å²) in [6.07, 6.45) is 0. The number of thiazole rings is 1. The topological polar surface area (TPSA) is 97.7 Å². The van der Waals surface area contributed by atoms with E-state index in [-0.39, 0.29) is 21.1 Å². The number of carbonyl (C=O) groups is 1. The molecule has 0 atom stereocenters. The summed E-state index contributed by atoms with van der Waals surface area (Å²) < 4.78 is 1.58. The molecule has 0 unspecified atom stereocenters. The molecule has 1 aromatic heterocycles. The molecular formula is C17H9N3O4S2. The van der Waals surface area contributed by atoms with Gasteiger partial charge in [-0.1, -0.05) is 24.3 Å². The Balaban J connectivity index is 1.97. The number of amides is 1. The summed E-state index contributed by atoms with van der Waals surface area (Å²) in [5, 5.41) is 22.9. The Morgan fingerprint density at radius 1 is 1.19 bits per heavy atom. The van der Waals surface area contributed by atoms with Crippen molar-refractivity contribution in [2.75, 3.05) is 0 Å². The summed E-state index contributed by atoms with van der Waals surface area (Å²) in [6, 6.07) is 12.8. The molecule has 9 heteroatoms. The molecule has 1 aliphatic heterocycles. The van der Waals surface area contributed by atoms with Crippen molar-refractivity contribution in [3.8, 4) is 11.6 Å². The van der Waals surface area contributed by atoms with Crippen molar-refractivity contribution in [1.82, 2.24) is 4.57 Å². The molecule has 1 amide bonds. The molecule has 0 aliphatic carbocycles. The number of para-hydroxylation sites is 1. The minimum atomic E-state index is -0.526. The van der Waals surface area contributed by atoms with Crippen LogP contribution in [0.3, 0.4) is 0 Å². The molecule has 128 valence electrons. The van der Waals surface area contributed by atoms with Crippen molar-refractivity contribution in [3.63, 3.8) is 0 Å². The zero-order valence-corrected chi connectivity index (χ0v) is 14.6. The Bertz CT molecular complexity index is 1270. The lowest BCUT2D eigenvalue weighted by Gasteiger charge is -2.05. The van der Waals surface area contributed by atoms with E-state index in [0.29, 0.717) is 21.1 Å². The predicted octanol–water partition coefficient (Wildman–Crippen LogP) is 2.24. The van der Waals surface area contributed by atoms with Crippen molar-refractivity contribution in [2.24, 2.45) is 4.99 Å². The Kier molecular flexibility index (Phi) is 3.74. The number of hydrogen-bond acceptors (Lipinski definition) is 6. The van der Waals surface area contributed by atoms with E-state index in [2.05, 4.69) is 4.99 Å². The van der Waals surface area contributed by atoms with Crippen LogP contribution in [0.5, 0.6) is 5.88 Å². The second-order valence-electron chi connectivity index (χ2n) is 5.44. The fourth-order valence-electron chi connectivity index (χ4n) is 2.79. The lowest BCUT2D eigenvalue weighted by atomic mass is 10.1. The Morgan fingerprint density at radius 2 is 1.96 bits per heavy atom. The summed E-state index contributed by atoms with van der Waals surface area (Å²) in [4.78, 5) is 27.1. The summed E-state index contributed by atoms with van der Waals surface area (Å²) >= 11 is 6.38. The van der Waals surface area contributed by atoms with E-state index in [1.165, 1.54) is 22.8 Å². The minimum absolute atomic E-state index is 0.124. The van der Waals surface area contributed by atoms with Gasteiger partial charge in [0.25, 0.3) is 11.6 Å². The quantitative estimate of drug-likeness (QED) is 0.425. The first-order valence-electron chi connectivity index (χ1n) is 7.40. The average Bonchev–Trinajstić information content (AvgIpc) is 3.10. The van der Waals surface area contributed by atoms with Crippen LogP contribution in [0.2, 0.25) is 0 Å². The number of fused-ring (bicyclic) bond motifs is 1. The Morgan fingerprint density at radius 3 is 2.73 bits per heavy atom. The van der Waals surface area contributed by atoms with Crippen molar-refractivity contribution in [3.05, 3.63) is 78.1 Å². The number of aromatic hydroxyl groups is 1. The molecule has 0 fully saturated rings. The van der Waals surface area contributed by atoms with Crippen LogP contribution in [-0.2, 0) is 4.79 Å². The summed E-state index contributed by atoms with van der Waals surface area (Å²) in [6.45, 7) is 0. The van der Waals surface area contributed by atoms with Crippen LogP contribution in [0.15, 0.2) is 53.5 Å². The van der Waals surface area contributed by atoms with E-state index < -0.39 is 10.8 Å². The van der Waals surface area contributed by atoms with Crippen molar-refractivity contribution < 1.29 is 14.8 Å². The number of nitro groups is 1. The maximum Gasteiger partial charge on any atom is 0.279 e. The van der Waals surface area contributed by atoms with Crippen LogP contribution in [-0.4, -0.2) is 20.5 Å². The van der Waals surface area contributed by atoms with E-state index in [1.807, 2.05) is 0 Å². The number of nitrogens with zero attached hydrogens (tertiary/aromatic N) is 3. The second kappa shape index (κ2) is 5.97. The number of benzene rings is 2. The minimum Gasteiger partial charge on any atom is -0.493 e. The van der Waals surface area contributed by atoms with Gasteiger partial charge in [-0.2, -0.15) is 0 Å². The smallest absolute Gasteiger partial charge is 0.279 e. The van der Waals surface area contributed by atoms with Crippen molar-refractivity contribution >= 4 is 40.7 Å². The molecule has 26 heavy (non-hydrogen) atoms. The van der Waals surface area contributed by atoms with E-state index >= 15 is 0 Å². The van der Waals surface area contributed by atoms with E-state index in [4.69, 9.17) is 12.2 Å². The molecule has 2 heterocycles. The fraction of sp³-hybridized carbons (Fsp3) is 0. The molecule has 0 saturated carbocycles. The standard InChI is InChI=1S/C17H9N3O4S2/c21-15-13(11-6-1-2-7-12(11)18-15)14-16(22)19(17(25)26-14)9-4-3-5-10(8-9)20(23)24/h1-8,22H. The molecule has 0 spiro atoms. The third-order valence-electron chi connectivity index (χ3n) is 3.92. The number of rotatable bonds is 3. The molecule has 2 aromatic carbocycles. The first kappa shape index (κ1) is 16.3. The number of hydrogen-bond donors (Lipinski definition) is 1. The molecule has 0 saturated heterocycles. The first-order chi connectivity index (χ1) is 12.5. The van der Waals surface area contributed by atoms with Gasteiger partial charge in [-0.05, 0) is 24.4 Å². The van der Waals surface area contributed by atoms with Crippen molar-refractivity contribution in [2.45, 2.75) is 0 Å². The van der Waals surface area contributed by atoms with Crippen LogP contribution in [0.1, 0.15) is 4.88 Å². The highest BCUT2D eigenvalue weighted by atomic mass is 32.1. The number of carbonyl (C=O) groups excluding carboxylic acids is 1. The van der Waals surface area contributed by atoms with Crippen LogP contribution in [0, 0.1) is 14.1 Å². The van der Waals surface area contributed by atoms with Gasteiger partial charge in [0.1, 0.15) is 4.88 Å². The SMILES string of the molecule is O=C1N=c2ccccc2=C1c1sc(=S)n(-c2cccc([N+](=O)[O-])c2)c1O. The monoisotopic (exact) mass is 383 g/mol. The van der Waals surface area contributed by atoms with Gasteiger partial charge in [0, 0.05) is 17.4 Å². The van der Waals surface area contributed by atoms with Gasteiger partial charge in [0.05, 0.1) is 21.5 Å². The lowest BCUT2D eigenvalue weighted by molar-refractivity contribution is -0.384. The van der Waals surface area contributed by atoms with Gasteiger partial charge in [-0.25, -0.2) is 4.99 Å². The van der Waals surface area contributed by atoms with E-state index in [9.17, 15) is 20.0 Å². The zero-order valence-electron chi connectivity index (χ0n) is 12.9. The number of aromatic nitrogens is 1. The lowest BCUT2D eigenvalue weighted by Crippen LogP contribution is -2.22. The highest BCUT2D eigenvalue weighted by molar-refractivity contribution is 7.73. The zero-order chi connectivity index (χ0) is 18.4. The van der Waals surface area contributed by atoms with Crippen LogP contribution in [0.4, 0.5) is 5.69 Å². The van der Waals surface area contributed by atoms with Gasteiger partial charge in [-0.15, -0.1) is 11.3 Å². The highest BCUT2D eigenvalue weighted by Crippen LogP contribution is 2.35. The highest BCUT2D eigenvalue weighted by Gasteiger charge is 2.25. The third-order valence-corrected chi connectivity index (χ3v) is 5.30. The number of non-ortho nitro benzene ring substituents is 1. The van der Waals surface area contributed by atoms with Gasteiger partial charge in [0.15, 0.2) is 3.95 Å². The van der Waals surface area contributed by atoms with Crippen molar-refractivity contribution in [1.29, 1.82) is 0 Å². The van der Waals surface area contributed by atoms with Gasteiger partial charge < -0.3 is 5.11 Å². The molecule has 0 bridgehead atoms. The second-order valence-corrected chi connectivity index (χ2v) is 7.09. The maximum atomic E-state index is 12.3. The first-order valence-corrected chi connectivity index (χ1v) is 8.62. The number of nitro benzene ring substituents is 1. The largest absolute Gasteiger partial charge is 0.493 e. The summed E-state index contributed by atoms with van der Waals surface area (Å²) in [7, 11) is 0. The van der Waals surface area contributed by atoms with E-state index in [1.54, 1.807) is 30.3 Å². The van der Waals surface area contributed by atoms with Crippen LogP contribution in [0.25, 0.3) is 11.3 Å². The Labute approximate surface area is 155 Å². The van der Waals surface area contributed by atoms with Crippen LogP contribution < -0.4 is 10.6 Å². The Hall–Kier alpha value is -3.17. The van der Waals surface area contributed by atoms with Gasteiger partial charge in [-0.3, -0.25) is 19.5 Å². The summed E-state index contributed by atoms with van der Waals surface area (Å²) in [5.41, 5.74) is 0.500. The third kappa shape index (κ3) is 2.45. The molecule has 0 radical (unpaired) electrons. The summed E-state index contributed by atoms with van der Waals surface area (Å²) in [5.74, 6) is -0.695. The predicted molar refractivity (Wildman–Crippen MR) is 97.5 cm³/mol. The molecule has 1 N–H and O–H groups in total. The average molecular weight is 383 g/mol. The molecule has 7 nitrogen and oxygen atoms in total. The van der Waals surface area contributed by atoms with Gasteiger partial charge in [0.2, 0.25) is 5.88 Å². The molecular weight excluding hydrogens is 374 g/mol. The maximum absolute atomic E-state index is 12.3. The molecule has 1 aliphatic rings. The fourth-order valence-corrected chi connectivity index (χ4v) is 4.17. The van der Waals surface area contributed by atoms with Crippen LogP contribution >= 0.6 is 23.6 Å². The molecule has 3 aromatic rings.